The van der Waals surface area contributed by atoms with Crippen molar-refractivity contribution < 1.29 is 19.1 Å². The van der Waals surface area contributed by atoms with Crippen molar-refractivity contribution in [3.05, 3.63) is 71.3 Å². The molecule has 3 rings (SSSR count). The molecule has 0 heterocycles. The van der Waals surface area contributed by atoms with Gasteiger partial charge in [0.2, 0.25) is 0 Å². The van der Waals surface area contributed by atoms with Gasteiger partial charge in [-0.3, -0.25) is 9.59 Å². The summed E-state index contributed by atoms with van der Waals surface area (Å²) in [6.45, 7) is 2.30. The van der Waals surface area contributed by atoms with Crippen molar-refractivity contribution in [2.24, 2.45) is 11.8 Å². The number of fused-ring (bicyclic) bond motifs is 1. The molecule has 0 spiro atoms. The molecular formula is C21H22O4. The molecule has 0 saturated heterocycles. The predicted octanol–water partition coefficient (Wildman–Crippen LogP) is 3.32. The van der Waals surface area contributed by atoms with E-state index >= 15 is 0 Å². The standard InChI is InChI=1S/C21H22O4/c1-2-24-20(22)18-12-16-10-6-7-11-17(16)13-19(18)21(23)25-14-15-8-4-3-5-9-15/h3-11,18-19H,2,12-14H2,1H3/t18-,19-/m0/s1. The highest BCUT2D eigenvalue weighted by Crippen LogP contribution is 2.32. The lowest BCUT2D eigenvalue weighted by molar-refractivity contribution is -0.161. The van der Waals surface area contributed by atoms with Crippen LogP contribution in [-0.4, -0.2) is 18.5 Å². The third-order valence-electron chi connectivity index (χ3n) is 4.60. The van der Waals surface area contributed by atoms with E-state index in [0.717, 1.165) is 16.7 Å². The first-order valence-electron chi connectivity index (χ1n) is 8.63. The van der Waals surface area contributed by atoms with E-state index in [9.17, 15) is 9.59 Å². The first kappa shape index (κ1) is 17.2. The van der Waals surface area contributed by atoms with Gasteiger partial charge >= 0.3 is 11.9 Å². The first-order valence-corrected chi connectivity index (χ1v) is 8.63. The zero-order chi connectivity index (χ0) is 17.6. The van der Waals surface area contributed by atoms with Crippen molar-refractivity contribution in [3.8, 4) is 0 Å². The summed E-state index contributed by atoms with van der Waals surface area (Å²) >= 11 is 0. The van der Waals surface area contributed by atoms with Crippen LogP contribution in [0.1, 0.15) is 23.6 Å². The molecule has 25 heavy (non-hydrogen) atoms. The molecule has 2 atom stereocenters. The van der Waals surface area contributed by atoms with Crippen molar-refractivity contribution in [2.75, 3.05) is 6.61 Å². The summed E-state index contributed by atoms with van der Waals surface area (Å²) in [5.41, 5.74) is 3.14. The molecule has 2 aromatic rings. The molecule has 0 unspecified atom stereocenters. The Hall–Kier alpha value is -2.62. The van der Waals surface area contributed by atoms with Gasteiger partial charge in [0, 0.05) is 0 Å². The van der Waals surface area contributed by atoms with E-state index in [1.807, 2.05) is 54.6 Å². The van der Waals surface area contributed by atoms with Gasteiger partial charge in [0.15, 0.2) is 0 Å². The third kappa shape index (κ3) is 4.08. The van der Waals surface area contributed by atoms with Crippen LogP contribution in [0, 0.1) is 11.8 Å². The Balaban J connectivity index is 1.75. The molecule has 0 aromatic heterocycles. The lowest BCUT2D eigenvalue weighted by Crippen LogP contribution is -2.38. The fourth-order valence-electron chi connectivity index (χ4n) is 3.29. The zero-order valence-electron chi connectivity index (χ0n) is 14.3. The number of benzene rings is 2. The van der Waals surface area contributed by atoms with Gasteiger partial charge in [-0.25, -0.2) is 0 Å². The topological polar surface area (TPSA) is 52.6 Å². The Bertz CT molecular complexity index is 739. The van der Waals surface area contributed by atoms with Crippen LogP contribution < -0.4 is 0 Å². The molecular weight excluding hydrogens is 316 g/mol. The van der Waals surface area contributed by atoms with Gasteiger partial charge in [0.25, 0.3) is 0 Å². The number of carbonyl (C=O) groups excluding carboxylic acids is 2. The summed E-state index contributed by atoms with van der Waals surface area (Å²) in [5.74, 6) is -1.65. The van der Waals surface area contributed by atoms with Gasteiger partial charge in [0.05, 0.1) is 18.4 Å². The Labute approximate surface area is 147 Å². The molecule has 4 nitrogen and oxygen atoms in total. The summed E-state index contributed by atoms with van der Waals surface area (Å²) in [6, 6.07) is 17.5. The normalized spacial score (nSPS) is 18.9. The summed E-state index contributed by atoms with van der Waals surface area (Å²) in [4.78, 5) is 25.0. The number of rotatable bonds is 5. The molecule has 0 amide bonds. The Morgan fingerprint density at radius 3 is 1.92 bits per heavy atom. The van der Waals surface area contributed by atoms with Gasteiger partial charge in [-0.15, -0.1) is 0 Å². The fourth-order valence-corrected chi connectivity index (χ4v) is 3.29. The Kier molecular flexibility index (Phi) is 5.49. The van der Waals surface area contributed by atoms with Gasteiger partial charge in [0.1, 0.15) is 6.61 Å². The summed E-state index contributed by atoms with van der Waals surface area (Å²) in [6.07, 6.45) is 1.02. The first-order chi connectivity index (χ1) is 12.2. The van der Waals surface area contributed by atoms with E-state index in [2.05, 4.69) is 0 Å². The molecule has 4 heteroatoms. The lowest BCUT2D eigenvalue weighted by atomic mass is 9.76. The van der Waals surface area contributed by atoms with Crippen LogP contribution >= 0.6 is 0 Å². The van der Waals surface area contributed by atoms with Crippen molar-refractivity contribution in [1.82, 2.24) is 0 Å². The Morgan fingerprint density at radius 2 is 1.36 bits per heavy atom. The summed E-state index contributed by atoms with van der Waals surface area (Å²) in [7, 11) is 0. The maximum atomic E-state index is 12.7. The van der Waals surface area contributed by atoms with Crippen molar-refractivity contribution >= 4 is 11.9 Å². The van der Waals surface area contributed by atoms with E-state index in [1.54, 1.807) is 6.92 Å². The number of hydrogen-bond acceptors (Lipinski definition) is 4. The lowest BCUT2D eigenvalue weighted by Gasteiger charge is -2.30. The van der Waals surface area contributed by atoms with Crippen LogP contribution in [0.15, 0.2) is 54.6 Å². The van der Waals surface area contributed by atoms with Crippen LogP contribution in [0.5, 0.6) is 0 Å². The molecule has 0 radical (unpaired) electrons. The molecule has 130 valence electrons. The molecule has 0 N–H and O–H groups in total. The zero-order valence-corrected chi connectivity index (χ0v) is 14.3. The molecule has 1 aliphatic carbocycles. The number of carbonyl (C=O) groups is 2. The molecule has 0 saturated carbocycles. The van der Waals surface area contributed by atoms with E-state index in [1.165, 1.54) is 0 Å². The smallest absolute Gasteiger partial charge is 0.310 e. The highest BCUT2D eigenvalue weighted by molar-refractivity contribution is 5.83. The minimum atomic E-state index is -0.502. The maximum Gasteiger partial charge on any atom is 0.310 e. The summed E-state index contributed by atoms with van der Waals surface area (Å²) < 4.78 is 10.7. The maximum absolute atomic E-state index is 12.7. The van der Waals surface area contributed by atoms with E-state index in [0.29, 0.717) is 19.4 Å². The highest BCUT2D eigenvalue weighted by Gasteiger charge is 2.39. The van der Waals surface area contributed by atoms with Crippen molar-refractivity contribution in [3.63, 3.8) is 0 Å². The predicted molar refractivity (Wildman–Crippen MR) is 93.7 cm³/mol. The van der Waals surface area contributed by atoms with E-state index < -0.39 is 11.8 Å². The fraction of sp³-hybridized carbons (Fsp3) is 0.333. The molecule has 0 bridgehead atoms. The van der Waals surface area contributed by atoms with E-state index in [-0.39, 0.29) is 18.5 Å². The highest BCUT2D eigenvalue weighted by atomic mass is 16.5. The monoisotopic (exact) mass is 338 g/mol. The van der Waals surface area contributed by atoms with Gasteiger partial charge in [-0.1, -0.05) is 54.6 Å². The second-order valence-electron chi connectivity index (χ2n) is 6.24. The van der Waals surface area contributed by atoms with Crippen LogP contribution in [0.3, 0.4) is 0 Å². The molecule has 2 aromatic carbocycles. The van der Waals surface area contributed by atoms with Crippen LogP contribution in [0.2, 0.25) is 0 Å². The van der Waals surface area contributed by atoms with Gasteiger partial charge in [-0.05, 0) is 36.5 Å². The van der Waals surface area contributed by atoms with Crippen LogP contribution in [0.4, 0.5) is 0 Å². The van der Waals surface area contributed by atoms with E-state index in [4.69, 9.17) is 9.47 Å². The molecule has 0 fully saturated rings. The van der Waals surface area contributed by atoms with Crippen LogP contribution in [0.25, 0.3) is 0 Å². The second-order valence-corrected chi connectivity index (χ2v) is 6.24. The number of hydrogen-bond donors (Lipinski definition) is 0. The average molecular weight is 338 g/mol. The number of esters is 2. The SMILES string of the molecule is CCOC(=O)[C@H]1Cc2ccccc2C[C@@H]1C(=O)OCc1ccccc1. The minimum Gasteiger partial charge on any atom is -0.466 e. The summed E-state index contributed by atoms with van der Waals surface area (Å²) in [5, 5.41) is 0. The quantitative estimate of drug-likeness (QED) is 0.785. The van der Waals surface area contributed by atoms with Gasteiger partial charge < -0.3 is 9.47 Å². The molecule has 0 aliphatic heterocycles. The largest absolute Gasteiger partial charge is 0.466 e. The van der Waals surface area contributed by atoms with Crippen molar-refractivity contribution in [2.45, 2.75) is 26.4 Å². The molecule has 1 aliphatic rings. The second kappa shape index (κ2) is 7.97. The number of ether oxygens (including phenoxy) is 2. The third-order valence-corrected chi connectivity index (χ3v) is 4.60. The minimum absolute atomic E-state index is 0.216. The van der Waals surface area contributed by atoms with Gasteiger partial charge in [-0.2, -0.15) is 0 Å². The van der Waals surface area contributed by atoms with Crippen molar-refractivity contribution in [1.29, 1.82) is 0 Å². The van der Waals surface area contributed by atoms with Crippen LogP contribution in [-0.2, 0) is 38.5 Å². The Morgan fingerprint density at radius 1 is 0.840 bits per heavy atom. The average Bonchev–Trinajstić information content (AvgIpc) is 2.66.